The minimum atomic E-state index is -0.401. The maximum Gasteiger partial charge on any atom is 0.150 e. The average molecular weight is 276 g/mol. The molecule has 0 saturated carbocycles. The quantitative estimate of drug-likeness (QED) is 0.780. The van der Waals surface area contributed by atoms with Gasteiger partial charge in [0.25, 0.3) is 0 Å². The zero-order chi connectivity index (χ0) is 10.1. The Labute approximate surface area is 93.4 Å². The van der Waals surface area contributed by atoms with Gasteiger partial charge in [-0.3, -0.25) is 0 Å². The average Bonchev–Trinajstić information content (AvgIpc) is 2.52. The molecule has 0 saturated heterocycles. The Bertz CT molecular complexity index is 449. The third kappa shape index (κ3) is 1.55. The van der Waals surface area contributed by atoms with Crippen LogP contribution in [-0.4, -0.2) is 9.78 Å². The van der Waals surface area contributed by atoms with E-state index in [0.717, 1.165) is 0 Å². The molecular weight excluding hydrogens is 270 g/mol. The minimum absolute atomic E-state index is 0.256. The van der Waals surface area contributed by atoms with Gasteiger partial charge in [-0.05, 0) is 34.1 Å². The van der Waals surface area contributed by atoms with Crippen LogP contribution in [0.25, 0.3) is 5.69 Å². The predicted molar refractivity (Wildman–Crippen MR) is 56.2 cm³/mol. The molecule has 0 bridgehead atoms. The van der Waals surface area contributed by atoms with Gasteiger partial charge in [0.05, 0.1) is 11.2 Å². The van der Waals surface area contributed by atoms with E-state index < -0.39 is 5.82 Å². The molecule has 5 heteroatoms. The SMILES string of the molecule is Fc1cccc(Cl)c1-n1nccc1Br. The molecule has 0 radical (unpaired) electrons. The standard InChI is InChI=1S/C9H5BrClFN2/c10-8-4-5-13-14(8)9-6(11)2-1-3-7(9)12/h1-5H. The van der Waals surface area contributed by atoms with E-state index in [9.17, 15) is 4.39 Å². The van der Waals surface area contributed by atoms with E-state index in [2.05, 4.69) is 21.0 Å². The number of hydrogen-bond donors (Lipinski definition) is 0. The first kappa shape index (κ1) is 9.68. The lowest BCUT2D eigenvalue weighted by molar-refractivity contribution is 0.609. The van der Waals surface area contributed by atoms with Gasteiger partial charge in [0.2, 0.25) is 0 Å². The number of hydrogen-bond acceptors (Lipinski definition) is 1. The molecule has 2 aromatic rings. The Kier molecular flexibility index (Phi) is 2.56. The molecule has 14 heavy (non-hydrogen) atoms. The van der Waals surface area contributed by atoms with Gasteiger partial charge in [-0.25, -0.2) is 9.07 Å². The zero-order valence-corrected chi connectivity index (χ0v) is 9.26. The van der Waals surface area contributed by atoms with E-state index >= 15 is 0 Å². The highest BCUT2D eigenvalue weighted by atomic mass is 79.9. The molecule has 0 aliphatic heterocycles. The molecule has 72 valence electrons. The van der Waals surface area contributed by atoms with Crippen LogP contribution in [0.5, 0.6) is 0 Å². The van der Waals surface area contributed by atoms with Crippen LogP contribution in [0.1, 0.15) is 0 Å². The van der Waals surface area contributed by atoms with Gasteiger partial charge in [-0.2, -0.15) is 5.10 Å². The lowest BCUT2D eigenvalue weighted by Crippen LogP contribution is -2.00. The van der Waals surface area contributed by atoms with Crippen molar-refractivity contribution in [3.8, 4) is 5.69 Å². The lowest BCUT2D eigenvalue weighted by atomic mass is 10.3. The predicted octanol–water partition coefficient (Wildman–Crippen LogP) is 3.43. The van der Waals surface area contributed by atoms with Crippen LogP contribution in [-0.2, 0) is 0 Å². The molecule has 1 aromatic heterocycles. The summed E-state index contributed by atoms with van der Waals surface area (Å²) in [5.41, 5.74) is 0.256. The molecule has 0 atom stereocenters. The smallest absolute Gasteiger partial charge is 0.150 e. The van der Waals surface area contributed by atoms with Gasteiger partial charge in [-0.1, -0.05) is 17.7 Å². The van der Waals surface area contributed by atoms with E-state index in [-0.39, 0.29) is 5.69 Å². The molecule has 1 aromatic carbocycles. The number of benzene rings is 1. The molecule has 1 heterocycles. The molecule has 0 aliphatic rings. The summed E-state index contributed by atoms with van der Waals surface area (Å²) in [5.74, 6) is -0.401. The first-order chi connectivity index (χ1) is 6.70. The van der Waals surface area contributed by atoms with Crippen molar-refractivity contribution < 1.29 is 4.39 Å². The van der Waals surface area contributed by atoms with Crippen molar-refractivity contribution in [3.05, 3.63) is 45.9 Å². The van der Waals surface area contributed by atoms with Crippen molar-refractivity contribution in [2.75, 3.05) is 0 Å². The van der Waals surface area contributed by atoms with Crippen LogP contribution < -0.4 is 0 Å². The molecule has 2 nitrogen and oxygen atoms in total. The summed E-state index contributed by atoms with van der Waals surface area (Å²) in [6, 6.07) is 6.23. The maximum absolute atomic E-state index is 13.4. The summed E-state index contributed by atoms with van der Waals surface area (Å²) < 4.78 is 15.5. The highest BCUT2D eigenvalue weighted by Gasteiger charge is 2.11. The van der Waals surface area contributed by atoms with E-state index in [0.29, 0.717) is 9.63 Å². The van der Waals surface area contributed by atoms with Crippen LogP contribution in [0, 0.1) is 5.82 Å². The van der Waals surface area contributed by atoms with Gasteiger partial charge < -0.3 is 0 Å². The molecule has 0 N–H and O–H groups in total. The fraction of sp³-hybridized carbons (Fsp3) is 0. The third-order valence-electron chi connectivity index (χ3n) is 1.75. The lowest BCUT2D eigenvalue weighted by Gasteiger charge is -2.06. The summed E-state index contributed by atoms with van der Waals surface area (Å²) in [4.78, 5) is 0. The van der Waals surface area contributed by atoms with Crippen molar-refractivity contribution in [2.45, 2.75) is 0 Å². The Morgan fingerprint density at radius 3 is 2.71 bits per heavy atom. The monoisotopic (exact) mass is 274 g/mol. The van der Waals surface area contributed by atoms with E-state index in [1.807, 2.05) is 0 Å². The van der Waals surface area contributed by atoms with Crippen LogP contribution in [0.15, 0.2) is 35.1 Å². The van der Waals surface area contributed by atoms with E-state index in [4.69, 9.17) is 11.6 Å². The van der Waals surface area contributed by atoms with Gasteiger partial charge in [0, 0.05) is 0 Å². The van der Waals surface area contributed by atoms with Gasteiger partial charge in [0.15, 0.2) is 0 Å². The largest absolute Gasteiger partial charge is 0.222 e. The van der Waals surface area contributed by atoms with Crippen molar-refractivity contribution in [1.82, 2.24) is 9.78 Å². The highest BCUT2D eigenvalue weighted by Crippen LogP contribution is 2.25. The Balaban J connectivity index is 2.68. The topological polar surface area (TPSA) is 17.8 Å². The maximum atomic E-state index is 13.4. The number of para-hydroxylation sites is 1. The number of nitrogens with zero attached hydrogens (tertiary/aromatic N) is 2. The number of aromatic nitrogens is 2. The third-order valence-corrected chi connectivity index (χ3v) is 2.65. The fourth-order valence-corrected chi connectivity index (χ4v) is 1.77. The molecule has 0 aliphatic carbocycles. The summed E-state index contributed by atoms with van der Waals surface area (Å²) in [6.45, 7) is 0. The highest BCUT2D eigenvalue weighted by molar-refractivity contribution is 9.10. The second-order valence-electron chi connectivity index (χ2n) is 2.64. The van der Waals surface area contributed by atoms with Gasteiger partial charge in [-0.15, -0.1) is 0 Å². The van der Waals surface area contributed by atoms with Crippen LogP contribution in [0.4, 0.5) is 4.39 Å². The number of rotatable bonds is 1. The molecule has 2 rings (SSSR count). The van der Waals surface area contributed by atoms with Crippen molar-refractivity contribution in [1.29, 1.82) is 0 Å². The van der Waals surface area contributed by atoms with Crippen LogP contribution in [0.2, 0.25) is 5.02 Å². The summed E-state index contributed by atoms with van der Waals surface area (Å²) in [5, 5.41) is 4.28. The second-order valence-corrected chi connectivity index (χ2v) is 3.86. The molecular formula is C9H5BrClFN2. The van der Waals surface area contributed by atoms with Crippen LogP contribution in [0.3, 0.4) is 0 Å². The molecule has 0 amide bonds. The molecule has 0 unspecified atom stereocenters. The second kappa shape index (κ2) is 3.71. The Morgan fingerprint density at radius 2 is 2.14 bits per heavy atom. The van der Waals surface area contributed by atoms with Crippen molar-refractivity contribution in [2.24, 2.45) is 0 Å². The first-order valence-corrected chi connectivity index (χ1v) is 5.01. The van der Waals surface area contributed by atoms with E-state index in [1.165, 1.54) is 10.7 Å². The normalized spacial score (nSPS) is 10.5. The van der Waals surface area contributed by atoms with E-state index in [1.54, 1.807) is 24.4 Å². The Morgan fingerprint density at radius 1 is 1.36 bits per heavy atom. The Hall–Kier alpha value is -0.870. The van der Waals surface area contributed by atoms with Crippen molar-refractivity contribution in [3.63, 3.8) is 0 Å². The molecule has 0 spiro atoms. The van der Waals surface area contributed by atoms with Gasteiger partial charge in [0.1, 0.15) is 16.1 Å². The molecule has 0 fully saturated rings. The summed E-state index contributed by atoms with van der Waals surface area (Å²) in [6.07, 6.45) is 1.56. The first-order valence-electron chi connectivity index (χ1n) is 3.84. The van der Waals surface area contributed by atoms with Crippen molar-refractivity contribution >= 4 is 27.5 Å². The minimum Gasteiger partial charge on any atom is -0.222 e. The fourth-order valence-electron chi connectivity index (χ4n) is 1.14. The zero-order valence-electron chi connectivity index (χ0n) is 6.92. The summed E-state index contributed by atoms with van der Waals surface area (Å²) in [7, 11) is 0. The van der Waals surface area contributed by atoms with Gasteiger partial charge >= 0.3 is 0 Å². The number of halogens is 3. The van der Waals surface area contributed by atoms with Crippen LogP contribution >= 0.6 is 27.5 Å². The summed E-state index contributed by atoms with van der Waals surface area (Å²) >= 11 is 9.12.